The molecule has 1 aromatic rings. The molecule has 0 unspecified atom stereocenters. The van der Waals surface area contributed by atoms with E-state index in [9.17, 15) is 14.5 Å². The summed E-state index contributed by atoms with van der Waals surface area (Å²) in [6.07, 6.45) is 0. The van der Waals surface area contributed by atoms with Gasteiger partial charge >= 0.3 is 0 Å². The lowest BCUT2D eigenvalue weighted by Gasteiger charge is -2.33. The van der Waals surface area contributed by atoms with Crippen LogP contribution in [0.1, 0.15) is 12.5 Å². The minimum absolute atomic E-state index is 0. The highest BCUT2D eigenvalue weighted by atomic mass is 35.5. The van der Waals surface area contributed by atoms with Gasteiger partial charge in [-0.15, -0.1) is 12.4 Å². The van der Waals surface area contributed by atoms with Crippen molar-refractivity contribution in [1.29, 1.82) is 0 Å². The van der Waals surface area contributed by atoms with Gasteiger partial charge in [-0.1, -0.05) is 6.07 Å². The van der Waals surface area contributed by atoms with Gasteiger partial charge < -0.3 is 5.32 Å². The van der Waals surface area contributed by atoms with Gasteiger partial charge in [0.1, 0.15) is 5.82 Å². The van der Waals surface area contributed by atoms with E-state index in [-0.39, 0.29) is 36.2 Å². The highest BCUT2D eigenvalue weighted by molar-refractivity contribution is 5.85. The summed E-state index contributed by atoms with van der Waals surface area (Å²) in [5, 5.41) is 14.1. The first-order valence-electron chi connectivity index (χ1n) is 5.96. The van der Waals surface area contributed by atoms with Gasteiger partial charge in [-0.2, -0.15) is 0 Å². The molecule has 2 rings (SSSR count). The number of piperazine rings is 1. The van der Waals surface area contributed by atoms with Gasteiger partial charge in [-0.25, -0.2) is 4.39 Å². The van der Waals surface area contributed by atoms with E-state index in [1.54, 1.807) is 0 Å². The second-order valence-electron chi connectivity index (χ2n) is 4.52. The van der Waals surface area contributed by atoms with E-state index < -0.39 is 10.7 Å². The van der Waals surface area contributed by atoms with Gasteiger partial charge in [0.2, 0.25) is 0 Å². The number of nitrogens with one attached hydrogen (secondary N) is 1. The Morgan fingerprint density at radius 2 is 2.32 bits per heavy atom. The van der Waals surface area contributed by atoms with Crippen LogP contribution in [-0.4, -0.2) is 35.5 Å². The van der Waals surface area contributed by atoms with E-state index in [2.05, 4.69) is 10.2 Å². The van der Waals surface area contributed by atoms with Crippen LogP contribution >= 0.6 is 12.4 Å². The Morgan fingerprint density at radius 3 is 2.95 bits per heavy atom. The van der Waals surface area contributed by atoms with Crippen LogP contribution in [0.15, 0.2) is 18.2 Å². The zero-order chi connectivity index (χ0) is 13.1. The summed E-state index contributed by atoms with van der Waals surface area (Å²) < 4.78 is 13.7. The number of hydrogen-bond donors (Lipinski definition) is 1. The van der Waals surface area contributed by atoms with E-state index in [1.807, 2.05) is 6.92 Å². The summed E-state index contributed by atoms with van der Waals surface area (Å²) in [7, 11) is 0. The fourth-order valence-corrected chi connectivity index (χ4v) is 2.20. The smallest absolute Gasteiger partial charge is 0.276 e. The monoisotopic (exact) mass is 289 g/mol. The van der Waals surface area contributed by atoms with Gasteiger partial charge in [-0.3, -0.25) is 15.0 Å². The Balaban J connectivity index is 0.00000180. The predicted molar refractivity (Wildman–Crippen MR) is 73.0 cm³/mol. The zero-order valence-corrected chi connectivity index (χ0v) is 11.5. The highest BCUT2D eigenvalue weighted by Gasteiger charge is 2.24. The number of rotatable bonds is 3. The van der Waals surface area contributed by atoms with Crippen LogP contribution in [0, 0.1) is 15.9 Å². The first kappa shape index (κ1) is 15.8. The lowest BCUT2D eigenvalue weighted by Crippen LogP contribution is -2.49. The van der Waals surface area contributed by atoms with Crippen molar-refractivity contribution in [3.8, 4) is 0 Å². The third-order valence-corrected chi connectivity index (χ3v) is 3.29. The molecule has 5 nitrogen and oxygen atoms in total. The van der Waals surface area contributed by atoms with Crippen molar-refractivity contribution >= 4 is 18.1 Å². The van der Waals surface area contributed by atoms with Crippen LogP contribution < -0.4 is 5.32 Å². The zero-order valence-electron chi connectivity index (χ0n) is 10.6. The minimum Gasteiger partial charge on any atom is -0.314 e. The number of nitro groups is 1. The predicted octanol–water partition coefficient (Wildman–Crippen LogP) is 1.95. The molecule has 1 atom stereocenters. The average molecular weight is 290 g/mol. The molecule has 0 aromatic heterocycles. The molecule has 1 aliphatic rings. The Bertz CT molecular complexity index is 459. The number of hydrogen-bond acceptors (Lipinski definition) is 4. The Morgan fingerprint density at radius 1 is 1.58 bits per heavy atom. The summed E-state index contributed by atoms with van der Waals surface area (Å²) in [5.41, 5.74) is 0.0389. The molecule has 19 heavy (non-hydrogen) atoms. The molecule has 1 saturated heterocycles. The van der Waals surface area contributed by atoms with Crippen LogP contribution in [-0.2, 0) is 6.54 Å². The third-order valence-electron chi connectivity index (χ3n) is 3.29. The van der Waals surface area contributed by atoms with Crippen LogP contribution in [0.4, 0.5) is 10.1 Å². The molecule has 1 aliphatic heterocycles. The van der Waals surface area contributed by atoms with Gasteiger partial charge in [0.15, 0.2) is 0 Å². The molecule has 0 saturated carbocycles. The van der Waals surface area contributed by atoms with E-state index >= 15 is 0 Å². The maximum absolute atomic E-state index is 13.7. The lowest BCUT2D eigenvalue weighted by atomic mass is 10.1. The maximum Gasteiger partial charge on any atom is 0.276 e. The van der Waals surface area contributed by atoms with Crippen molar-refractivity contribution in [3.05, 3.63) is 39.7 Å². The Kier molecular flexibility index (Phi) is 5.65. The Hall–Kier alpha value is -1.24. The quantitative estimate of drug-likeness (QED) is 0.682. The summed E-state index contributed by atoms with van der Waals surface area (Å²) >= 11 is 0. The van der Waals surface area contributed by atoms with Crippen LogP contribution in [0.3, 0.4) is 0 Å². The first-order chi connectivity index (χ1) is 8.59. The highest BCUT2D eigenvalue weighted by Crippen LogP contribution is 2.23. The average Bonchev–Trinajstić information content (AvgIpc) is 2.34. The topological polar surface area (TPSA) is 58.4 Å². The maximum atomic E-state index is 13.7. The fraction of sp³-hybridized carbons (Fsp3) is 0.500. The lowest BCUT2D eigenvalue weighted by molar-refractivity contribution is -0.386. The van der Waals surface area contributed by atoms with Gasteiger partial charge in [0.05, 0.1) is 10.5 Å². The molecule has 0 radical (unpaired) electrons. The minimum atomic E-state index is -0.523. The number of benzene rings is 1. The van der Waals surface area contributed by atoms with Crippen molar-refractivity contribution in [2.75, 3.05) is 19.6 Å². The summed E-state index contributed by atoms with van der Waals surface area (Å²) in [6.45, 7) is 4.73. The van der Waals surface area contributed by atoms with Crippen molar-refractivity contribution in [3.63, 3.8) is 0 Å². The molecule has 1 aromatic carbocycles. The van der Waals surface area contributed by atoms with Gasteiger partial charge in [0.25, 0.3) is 5.69 Å². The van der Waals surface area contributed by atoms with Crippen molar-refractivity contribution in [1.82, 2.24) is 10.2 Å². The molecule has 1 fully saturated rings. The third kappa shape index (κ3) is 3.62. The van der Waals surface area contributed by atoms with E-state index in [1.165, 1.54) is 18.2 Å². The number of halogens is 2. The molecule has 0 spiro atoms. The second kappa shape index (κ2) is 6.79. The number of nitro benzene ring substituents is 1. The van der Waals surface area contributed by atoms with Crippen LogP contribution in [0.2, 0.25) is 0 Å². The summed E-state index contributed by atoms with van der Waals surface area (Å²) in [4.78, 5) is 12.4. The summed E-state index contributed by atoms with van der Waals surface area (Å²) in [6, 6.07) is 4.25. The molecular weight excluding hydrogens is 273 g/mol. The van der Waals surface area contributed by atoms with E-state index in [0.717, 1.165) is 19.6 Å². The standard InChI is InChI=1S/C12H16FN3O2.ClH/c1-9-7-14-5-6-15(9)8-10-11(13)3-2-4-12(10)16(17)18;/h2-4,9,14H,5-8H2,1H3;1H/t9-;/m0./s1. The fourth-order valence-electron chi connectivity index (χ4n) is 2.20. The van der Waals surface area contributed by atoms with Gasteiger partial charge in [0, 0.05) is 38.3 Å². The van der Waals surface area contributed by atoms with Gasteiger partial charge in [-0.05, 0) is 13.0 Å². The van der Waals surface area contributed by atoms with Crippen LogP contribution in [0.5, 0.6) is 0 Å². The molecule has 0 amide bonds. The molecule has 0 bridgehead atoms. The molecule has 1 heterocycles. The van der Waals surface area contributed by atoms with Crippen molar-refractivity contribution in [2.45, 2.75) is 19.5 Å². The largest absolute Gasteiger partial charge is 0.314 e. The van der Waals surface area contributed by atoms with E-state index in [4.69, 9.17) is 0 Å². The van der Waals surface area contributed by atoms with Crippen molar-refractivity contribution in [2.24, 2.45) is 0 Å². The number of nitrogens with zero attached hydrogens (tertiary/aromatic N) is 2. The second-order valence-corrected chi connectivity index (χ2v) is 4.52. The van der Waals surface area contributed by atoms with Crippen LogP contribution in [0.25, 0.3) is 0 Å². The first-order valence-corrected chi connectivity index (χ1v) is 5.96. The molecule has 106 valence electrons. The summed E-state index contributed by atoms with van der Waals surface area (Å²) in [5.74, 6) is -0.505. The SMILES string of the molecule is C[C@H]1CNCCN1Cc1c(F)cccc1[N+](=O)[O-].Cl. The van der Waals surface area contributed by atoms with Crippen molar-refractivity contribution < 1.29 is 9.31 Å². The molecule has 0 aliphatic carbocycles. The molecular formula is C12H17ClFN3O2. The van der Waals surface area contributed by atoms with E-state index in [0.29, 0.717) is 0 Å². The molecule has 1 N–H and O–H groups in total. The normalized spacial score (nSPS) is 19.8. The molecule has 7 heteroatoms. The Labute approximate surface area is 117 Å².